The molecule has 0 radical (unpaired) electrons. The van der Waals surface area contributed by atoms with Crippen LogP contribution < -0.4 is 21.2 Å². The average molecular weight is 510 g/mol. The van der Waals surface area contributed by atoms with Crippen LogP contribution in [-0.2, 0) is 13.2 Å². The highest BCUT2D eigenvalue weighted by Crippen LogP contribution is 2.18. The van der Waals surface area contributed by atoms with Crippen molar-refractivity contribution in [2.45, 2.75) is 13.2 Å². The summed E-state index contributed by atoms with van der Waals surface area (Å²) in [6.07, 6.45) is 1.52. The Labute approximate surface area is 217 Å². The van der Waals surface area contributed by atoms with Crippen LogP contribution in [0.15, 0.2) is 94.7 Å². The number of para-hydroxylation sites is 1. The Balaban J connectivity index is 1.25. The van der Waals surface area contributed by atoms with Crippen LogP contribution >= 0.6 is 0 Å². The van der Waals surface area contributed by atoms with Crippen LogP contribution in [0.25, 0.3) is 5.82 Å². The molecule has 1 amide bonds. The molecule has 190 valence electrons. The van der Waals surface area contributed by atoms with E-state index in [0.717, 1.165) is 22.6 Å². The molecule has 12 nitrogen and oxygen atoms in total. The van der Waals surface area contributed by atoms with Crippen molar-refractivity contribution in [2.75, 3.05) is 11.1 Å². The van der Waals surface area contributed by atoms with E-state index in [9.17, 15) is 4.79 Å². The first kappa shape index (κ1) is 24.2. The van der Waals surface area contributed by atoms with Gasteiger partial charge in [-0.05, 0) is 57.8 Å². The smallest absolute Gasteiger partial charge is 0.293 e. The minimum atomic E-state index is -0.560. The molecular weight excluding hydrogens is 486 g/mol. The van der Waals surface area contributed by atoms with Gasteiger partial charge >= 0.3 is 0 Å². The molecular formula is C26H23N9O3. The van der Waals surface area contributed by atoms with E-state index in [4.69, 9.17) is 10.5 Å². The molecule has 0 unspecified atom stereocenters. The number of nitrogens with two attached hydrogens (primary N) is 1. The molecule has 2 heterocycles. The van der Waals surface area contributed by atoms with Crippen molar-refractivity contribution in [3.63, 3.8) is 0 Å². The first-order valence-corrected chi connectivity index (χ1v) is 11.6. The molecule has 38 heavy (non-hydrogen) atoms. The van der Waals surface area contributed by atoms with Crippen LogP contribution in [-0.4, -0.2) is 37.4 Å². The number of carbonyl (C=O) groups excluding carboxylic acids is 1. The number of aromatic nitrogens is 5. The second-order valence-electron chi connectivity index (χ2n) is 8.03. The number of hydrazone groups is 1. The highest BCUT2D eigenvalue weighted by Gasteiger charge is 2.23. The van der Waals surface area contributed by atoms with E-state index in [-0.39, 0.29) is 23.9 Å². The monoisotopic (exact) mass is 509 g/mol. The minimum Gasteiger partial charge on any atom is -0.489 e. The second kappa shape index (κ2) is 11.5. The standard InChI is InChI=1S/C26H23N9O3/c27-24-25(33-38-32-24)35-22(16-28-20-9-5-2-6-10-20)23(30-34-35)26(36)31-29-15-18-11-13-21(14-12-18)37-17-19-7-3-1-4-8-19/h1-15,28H,16-17H2,(H2,27,32)(H,31,36). The molecule has 0 bridgehead atoms. The van der Waals surface area contributed by atoms with E-state index in [0.29, 0.717) is 12.3 Å². The topological polar surface area (TPSA) is 158 Å². The van der Waals surface area contributed by atoms with Crippen LogP contribution in [0.1, 0.15) is 27.3 Å². The van der Waals surface area contributed by atoms with E-state index in [2.05, 4.69) is 41.1 Å². The molecule has 0 saturated carbocycles. The van der Waals surface area contributed by atoms with Crippen LogP contribution in [0.2, 0.25) is 0 Å². The van der Waals surface area contributed by atoms with Gasteiger partial charge in [0.05, 0.1) is 18.5 Å². The molecule has 0 aliphatic rings. The predicted molar refractivity (Wildman–Crippen MR) is 140 cm³/mol. The molecule has 0 saturated heterocycles. The van der Waals surface area contributed by atoms with Gasteiger partial charge in [-0.1, -0.05) is 53.7 Å². The number of rotatable bonds is 10. The van der Waals surface area contributed by atoms with Crippen molar-refractivity contribution in [3.8, 4) is 11.6 Å². The van der Waals surface area contributed by atoms with Gasteiger partial charge in [0.25, 0.3) is 5.91 Å². The SMILES string of the molecule is Nc1nonc1-n1nnc(C(=O)NN=Cc2ccc(OCc3ccccc3)cc2)c1CNc1ccccc1. The zero-order chi connectivity index (χ0) is 26.2. The van der Waals surface area contributed by atoms with E-state index >= 15 is 0 Å². The lowest BCUT2D eigenvalue weighted by molar-refractivity contribution is 0.0949. The normalized spacial score (nSPS) is 10.9. The summed E-state index contributed by atoms with van der Waals surface area (Å²) >= 11 is 0. The summed E-state index contributed by atoms with van der Waals surface area (Å²) in [6, 6.07) is 26.7. The Kier molecular flexibility index (Phi) is 7.30. The maximum Gasteiger partial charge on any atom is 0.293 e. The third-order valence-electron chi connectivity index (χ3n) is 5.42. The van der Waals surface area contributed by atoms with Gasteiger partial charge < -0.3 is 15.8 Å². The minimum absolute atomic E-state index is 0.0111. The van der Waals surface area contributed by atoms with Gasteiger partial charge in [0, 0.05) is 5.69 Å². The summed E-state index contributed by atoms with van der Waals surface area (Å²) < 4.78 is 11.8. The summed E-state index contributed by atoms with van der Waals surface area (Å²) in [6.45, 7) is 0.669. The number of hydrogen-bond donors (Lipinski definition) is 3. The molecule has 12 heteroatoms. The largest absolute Gasteiger partial charge is 0.489 e. The zero-order valence-corrected chi connectivity index (χ0v) is 20.1. The summed E-state index contributed by atoms with van der Waals surface area (Å²) in [5.74, 6) is 0.301. The van der Waals surface area contributed by atoms with Gasteiger partial charge in [0.1, 0.15) is 12.4 Å². The maximum atomic E-state index is 12.9. The number of nitrogens with one attached hydrogen (secondary N) is 2. The van der Waals surface area contributed by atoms with Crippen molar-refractivity contribution in [1.29, 1.82) is 0 Å². The number of amides is 1. The fourth-order valence-corrected chi connectivity index (χ4v) is 3.50. The van der Waals surface area contributed by atoms with Crippen LogP contribution in [0.3, 0.4) is 0 Å². The lowest BCUT2D eigenvalue weighted by Crippen LogP contribution is -2.21. The molecule has 0 spiro atoms. The number of ether oxygens (including phenoxy) is 1. The van der Waals surface area contributed by atoms with Gasteiger partial charge in [-0.15, -0.1) is 5.10 Å². The lowest BCUT2D eigenvalue weighted by Gasteiger charge is -2.08. The van der Waals surface area contributed by atoms with Crippen molar-refractivity contribution in [2.24, 2.45) is 5.10 Å². The summed E-state index contributed by atoms with van der Waals surface area (Å²) in [7, 11) is 0. The van der Waals surface area contributed by atoms with Crippen molar-refractivity contribution >= 4 is 23.6 Å². The predicted octanol–water partition coefficient (Wildman–Crippen LogP) is 3.19. The van der Waals surface area contributed by atoms with Gasteiger partial charge in [-0.3, -0.25) is 4.79 Å². The van der Waals surface area contributed by atoms with E-state index in [1.807, 2.05) is 84.9 Å². The van der Waals surface area contributed by atoms with Gasteiger partial charge in [0.2, 0.25) is 11.6 Å². The summed E-state index contributed by atoms with van der Waals surface area (Å²) in [5, 5.41) is 22.7. The Morgan fingerprint density at radius 2 is 1.74 bits per heavy atom. The number of nitrogens with zero attached hydrogens (tertiary/aromatic N) is 6. The molecule has 4 N–H and O–H groups in total. The fraction of sp³-hybridized carbons (Fsp3) is 0.0769. The molecule has 0 aliphatic carbocycles. The first-order chi connectivity index (χ1) is 18.7. The number of anilines is 2. The number of nitrogen functional groups attached to an aromatic ring is 1. The first-order valence-electron chi connectivity index (χ1n) is 11.6. The third kappa shape index (κ3) is 5.82. The fourth-order valence-electron chi connectivity index (χ4n) is 3.50. The summed E-state index contributed by atoms with van der Waals surface area (Å²) in [5.41, 5.74) is 11.4. The molecule has 3 aromatic carbocycles. The Morgan fingerprint density at radius 1 is 1.00 bits per heavy atom. The highest BCUT2D eigenvalue weighted by atomic mass is 16.6. The van der Waals surface area contributed by atoms with E-state index < -0.39 is 5.91 Å². The lowest BCUT2D eigenvalue weighted by atomic mass is 10.2. The number of hydrogen-bond acceptors (Lipinski definition) is 10. The quantitative estimate of drug-likeness (QED) is 0.190. The van der Waals surface area contributed by atoms with Crippen LogP contribution in [0.5, 0.6) is 5.75 Å². The second-order valence-corrected chi connectivity index (χ2v) is 8.03. The number of benzene rings is 3. The van der Waals surface area contributed by atoms with Crippen molar-refractivity contribution in [3.05, 3.63) is 107 Å². The molecule has 2 aromatic heterocycles. The maximum absolute atomic E-state index is 12.9. The average Bonchev–Trinajstić information content (AvgIpc) is 3.58. The Bertz CT molecular complexity index is 1510. The van der Waals surface area contributed by atoms with Crippen LogP contribution in [0.4, 0.5) is 11.5 Å². The highest BCUT2D eigenvalue weighted by molar-refractivity contribution is 5.94. The van der Waals surface area contributed by atoms with E-state index in [1.165, 1.54) is 10.9 Å². The van der Waals surface area contributed by atoms with Crippen LogP contribution in [0, 0.1) is 0 Å². The van der Waals surface area contributed by atoms with Gasteiger partial charge in [-0.2, -0.15) is 9.78 Å². The van der Waals surface area contributed by atoms with E-state index in [1.54, 1.807) is 0 Å². The van der Waals surface area contributed by atoms with Gasteiger partial charge in [-0.25, -0.2) is 10.1 Å². The molecule has 5 aromatic rings. The third-order valence-corrected chi connectivity index (χ3v) is 5.42. The zero-order valence-electron chi connectivity index (χ0n) is 20.1. The molecule has 0 atom stereocenters. The summed E-state index contributed by atoms with van der Waals surface area (Å²) in [4.78, 5) is 12.9. The van der Waals surface area contributed by atoms with Crippen molar-refractivity contribution in [1.82, 2.24) is 30.7 Å². The molecule has 5 rings (SSSR count). The number of carbonyl (C=O) groups is 1. The molecule has 0 aliphatic heterocycles. The Morgan fingerprint density at radius 3 is 2.45 bits per heavy atom. The molecule has 0 fully saturated rings. The Hall–Kier alpha value is -5.52. The van der Waals surface area contributed by atoms with Crippen molar-refractivity contribution < 1.29 is 14.2 Å². The van der Waals surface area contributed by atoms with Gasteiger partial charge in [0.15, 0.2) is 5.69 Å².